The molecule has 0 spiro atoms. The smallest absolute Gasteiger partial charge is 0.128 e. The monoisotopic (exact) mass is 261 g/mol. The van der Waals surface area contributed by atoms with E-state index in [1.165, 1.54) is 19.4 Å². The third-order valence-electron chi connectivity index (χ3n) is 4.20. The average Bonchev–Trinajstić information content (AvgIpc) is 2.50. The van der Waals surface area contributed by atoms with Gasteiger partial charge in [-0.05, 0) is 30.9 Å². The van der Waals surface area contributed by atoms with Gasteiger partial charge in [0.25, 0.3) is 0 Å². The van der Waals surface area contributed by atoms with Crippen molar-refractivity contribution in [3.63, 3.8) is 0 Å². The third-order valence-corrected chi connectivity index (χ3v) is 4.20. The second kappa shape index (κ2) is 6.35. The van der Waals surface area contributed by atoms with E-state index in [1.807, 2.05) is 12.3 Å². The van der Waals surface area contributed by atoms with E-state index in [9.17, 15) is 0 Å². The van der Waals surface area contributed by atoms with Crippen LogP contribution in [-0.2, 0) is 4.74 Å². The van der Waals surface area contributed by atoms with Crippen molar-refractivity contribution in [1.82, 2.24) is 9.88 Å². The van der Waals surface area contributed by atoms with Crippen LogP contribution in [0.5, 0.6) is 0 Å². The molecule has 0 amide bonds. The molecule has 2 fully saturated rings. The summed E-state index contributed by atoms with van der Waals surface area (Å²) >= 11 is 0. The van der Waals surface area contributed by atoms with Crippen molar-refractivity contribution < 1.29 is 4.74 Å². The summed E-state index contributed by atoms with van der Waals surface area (Å²) in [6, 6.07) is 6.15. The highest BCUT2D eigenvalue weighted by Gasteiger charge is 2.22. The molecule has 0 radical (unpaired) electrons. The maximum atomic E-state index is 5.43. The summed E-state index contributed by atoms with van der Waals surface area (Å²) in [5.41, 5.74) is 0. The minimum atomic E-state index is 0.843. The van der Waals surface area contributed by atoms with Crippen LogP contribution in [0.2, 0.25) is 0 Å². The summed E-state index contributed by atoms with van der Waals surface area (Å²) in [6.45, 7) is 7.68. The number of piperazine rings is 1. The van der Waals surface area contributed by atoms with E-state index in [0.717, 1.165) is 51.1 Å². The van der Waals surface area contributed by atoms with Gasteiger partial charge in [-0.25, -0.2) is 4.98 Å². The van der Waals surface area contributed by atoms with Gasteiger partial charge in [0, 0.05) is 52.1 Å². The molecule has 0 aliphatic carbocycles. The van der Waals surface area contributed by atoms with Crippen LogP contribution >= 0.6 is 0 Å². The van der Waals surface area contributed by atoms with Crippen molar-refractivity contribution in [2.45, 2.75) is 12.8 Å². The molecule has 0 bridgehead atoms. The molecule has 1 aromatic heterocycles. The topological polar surface area (TPSA) is 28.6 Å². The Hall–Kier alpha value is -1.13. The minimum Gasteiger partial charge on any atom is -0.381 e. The Bertz CT molecular complexity index is 370. The lowest BCUT2D eigenvalue weighted by Crippen LogP contribution is -2.48. The van der Waals surface area contributed by atoms with Gasteiger partial charge in [-0.15, -0.1) is 0 Å². The molecule has 0 saturated carbocycles. The molecule has 19 heavy (non-hydrogen) atoms. The SMILES string of the molecule is c1ccc(N2CCN(CC3CCOCC3)CC2)nc1. The van der Waals surface area contributed by atoms with Crippen molar-refractivity contribution >= 4 is 5.82 Å². The maximum absolute atomic E-state index is 5.43. The Morgan fingerprint density at radius 3 is 2.58 bits per heavy atom. The van der Waals surface area contributed by atoms with Gasteiger partial charge < -0.3 is 9.64 Å². The van der Waals surface area contributed by atoms with Gasteiger partial charge in [0.15, 0.2) is 0 Å². The molecule has 0 unspecified atom stereocenters. The van der Waals surface area contributed by atoms with E-state index >= 15 is 0 Å². The predicted octanol–water partition coefficient (Wildman–Crippen LogP) is 1.63. The standard InChI is InChI=1S/C15H23N3O/c1-2-6-16-15(3-1)18-9-7-17(8-10-18)13-14-4-11-19-12-5-14/h1-3,6,14H,4-5,7-13H2. The van der Waals surface area contributed by atoms with Crippen LogP contribution in [0.25, 0.3) is 0 Å². The van der Waals surface area contributed by atoms with E-state index in [1.54, 1.807) is 0 Å². The molecule has 3 heterocycles. The fraction of sp³-hybridized carbons (Fsp3) is 0.667. The highest BCUT2D eigenvalue weighted by molar-refractivity contribution is 5.38. The molecule has 2 saturated heterocycles. The number of ether oxygens (including phenoxy) is 1. The van der Waals surface area contributed by atoms with Gasteiger partial charge in [-0.3, -0.25) is 4.90 Å². The van der Waals surface area contributed by atoms with Crippen molar-refractivity contribution in [1.29, 1.82) is 0 Å². The fourth-order valence-corrected chi connectivity index (χ4v) is 2.99. The summed E-state index contributed by atoms with van der Waals surface area (Å²) in [5.74, 6) is 1.96. The summed E-state index contributed by atoms with van der Waals surface area (Å²) in [6.07, 6.45) is 4.35. The van der Waals surface area contributed by atoms with E-state index in [2.05, 4.69) is 26.9 Å². The molecule has 2 aliphatic rings. The van der Waals surface area contributed by atoms with Crippen LogP contribution in [0.3, 0.4) is 0 Å². The summed E-state index contributed by atoms with van der Waals surface area (Å²) in [7, 11) is 0. The molecule has 3 rings (SSSR count). The first-order chi connectivity index (χ1) is 9.42. The molecule has 1 aromatic rings. The normalized spacial score (nSPS) is 22.6. The number of anilines is 1. The molecule has 0 N–H and O–H groups in total. The Morgan fingerprint density at radius 1 is 1.11 bits per heavy atom. The number of rotatable bonds is 3. The van der Waals surface area contributed by atoms with Crippen molar-refractivity contribution in [2.24, 2.45) is 5.92 Å². The van der Waals surface area contributed by atoms with Gasteiger partial charge in [-0.2, -0.15) is 0 Å². The van der Waals surface area contributed by atoms with Crippen molar-refractivity contribution in [3.8, 4) is 0 Å². The lowest BCUT2D eigenvalue weighted by atomic mass is 9.99. The number of hydrogen-bond donors (Lipinski definition) is 0. The van der Waals surface area contributed by atoms with Gasteiger partial charge >= 0.3 is 0 Å². The molecule has 2 aliphatic heterocycles. The fourth-order valence-electron chi connectivity index (χ4n) is 2.99. The molecule has 0 aromatic carbocycles. The van der Waals surface area contributed by atoms with Crippen LogP contribution in [0.4, 0.5) is 5.82 Å². The first kappa shape index (κ1) is 12.9. The lowest BCUT2D eigenvalue weighted by molar-refractivity contribution is 0.0517. The van der Waals surface area contributed by atoms with Crippen LogP contribution in [0.1, 0.15) is 12.8 Å². The third kappa shape index (κ3) is 3.45. The quantitative estimate of drug-likeness (QED) is 0.827. The van der Waals surface area contributed by atoms with Gasteiger partial charge in [0.1, 0.15) is 5.82 Å². The zero-order valence-corrected chi connectivity index (χ0v) is 11.5. The van der Waals surface area contributed by atoms with E-state index in [0.29, 0.717) is 0 Å². The van der Waals surface area contributed by atoms with Gasteiger partial charge in [-0.1, -0.05) is 6.07 Å². The molecule has 0 atom stereocenters. The molecule has 4 heteroatoms. The highest BCUT2D eigenvalue weighted by atomic mass is 16.5. The van der Waals surface area contributed by atoms with E-state index < -0.39 is 0 Å². The van der Waals surface area contributed by atoms with Crippen LogP contribution in [0, 0.1) is 5.92 Å². The number of pyridine rings is 1. The first-order valence-corrected chi connectivity index (χ1v) is 7.38. The largest absolute Gasteiger partial charge is 0.381 e. The predicted molar refractivity (Wildman–Crippen MR) is 76.4 cm³/mol. The lowest BCUT2D eigenvalue weighted by Gasteiger charge is -2.37. The second-order valence-corrected chi connectivity index (χ2v) is 5.53. The van der Waals surface area contributed by atoms with E-state index in [4.69, 9.17) is 4.74 Å². The van der Waals surface area contributed by atoms with E-state index in [-0.39, 0.29) is 0 Å². The van der Waals surface area contributed by atoms with Crippen LogP contribution in [0.15, 0.2) is 24.4 Å². The highest BCUT2D eigenvalue weighted by Crippen LogP contribution is 2.18. The number of hydrogen-bond acceptors (Lipinski definition) is 4. The zero-order chi connectivity index (χ0) is 12.9. The molecular formula is C15H23N3O. The summed E-state index contributed by atoms with van der Waals surface area (Å²) in [4.78, 5) is 9.43. The van der Waals surface area contributed by atoms with Crippen LogP contribution in [-0.4, -0.2) is 55.8 Å². The molecule has 4 nitrogen and oxygen atoms in total. The Kier molecular flexibility index (Phi) is 4.30. The number of aromatic nitrogens is 1. The minimum absolute atomic E-state index is 0.843. The van der Waals surface area contributed by atoms with Crippen molar-refractivity contribution in [3.05, 3.63) is 24.4 Å². The Balaban J connectivity index is 1.46. The number of nitrogens with zero attached hydrogens (tertiary/aromatic N) is 3. The first-order valence-electron chi connectivity index (χ1n) is 7.38. The maximum Gasteiger partial charge on any atom is 0.128 e. The Labute approximate surface area is 115 Å². The summed E-state index contributed by atoms with van der Waals surface area (Å²) in [5, 5.41) is 0. The zero-order valence-electron chi connectivity index (χ0n) is 11.5. The molecule has 104 valence electrons. The average molecular weight is 261 g/mol. The van der Waals surface area contributed by atoms with Gasteiger partial charge in [0.2, 0.25) is 0 Å². The van der Waals surface area contributed by atoms with Crippen LogP contribution < -0.4 is 4.90 Å². The molecular weight excluding hydrogens is 238 g/mol. The van der Waals surface area contributed by atoms with Gasteiger partial charge in [0.05, 0.1) is 0 Å². The second-order valence-electron chi connectivity index (χ2n) is 5.53. The summed E-state index contributed by atoms with van der Waals surface area (Å²) < 4.78 is 5.43. The Morgan fingerprint density at radius 2 is 1.89 bits per heavy atom. The van der Waals surface area contributed by atoms with Crippen molar-refractivity contribution in [2.75, 3.05) is 50.8 Å².